The van der Waals surface area contributed by atoms with Crippen molar-refractivity contribution in [3.05, 3.63) is 47.0 Å². The van der Waals surface area contributed by atoms with E-state index in [1.54, 1.807) is 0 Å². The maximum atomic E-state index is 14.0. The molecule has 3 aliphatic rings. The van der Waals surface area contributed by atoms with E-state index in [4.69, 9.17) is 0 Å². The summed E-state index contributed by atoms with van der Waals surface area (Å²) in [6.45, 7) is 2.09. The zero-order chi connectivity index (χ0) is 23.6. The Bertz CT molecular complexity index is 795. The van der Waals surface area contributed by atoms with Crippen LogP contribution >= 0.6 is 0 Å². The Hall–Kier alpha value is -1.39. The number of allylic oxidation sites excluding steroid dienone is 2. The van der Waals surface area contributed by atoms with E-state index < -0.39 is 23.4 Å². The number of halogens is 5. The maximum Gasteiger partial charge on any atom is 0.422 e. The van der Waals surface area contributed by atoms with Crippen LogP contribution in [-0.4, -0.2) is 0 Å². The average molecular weight is 469 g/mol. The van der Waals surface area contributed by atoms with E-state index in [2.05, 4.69) is 19.1 Å². The highest BCUT2D eigenvalue weighted by Gasteiger charge is 2.40. The lowest BCUT2D eigenvalue weighted by Gasteiger charge is -2.45. The largest absolute Gasteiger partial charge is 0.422 e. The summed E-state index contributed by atoms with van der Waals surface area (Å²) in [6.07, 6.45) is 13.7. The first kappa shape index (κ1) is 24.7. The molecule has 0 radical (unpaired) electrons. The van der Waals surface area contributed by atoms with Gasteiger partial charge in [0.15, 0.2) is 0 Å². The quantitative estimate of drug-likeness (QED) is 0.298. The van der Waals surface area contributed by atoms with Gasteiger partial charge in [-0.15, -0.1) is 0 Å². The Morgan fingerprint density at radius 3 is 1.94 bits per heavy atom. The molecule has 4 unspecified atom stereocenters. The Balaban J connectivity index is 1.29. The van der Waals surface area contributed by atoms with Gasteiger partial charge in [0.25, 0.3) is 0 Å². The first-order chi connectivity index (χ1) is 15.8. The molecule has 0 nitrogen and oxygen atoms in total. The van der Waals surface area contributed by atoms with Crippen molar-refractivity contribution in [1.29, 1.82) is 0 Å². The minimum Gasteiger partial charge on any atom is -0.206 e. The van der Waals surface area contributed by atoms with E-state index in [-0.39, 0.29) is 5.92 Å². The first-order valence-electron chi connectivity index (χ1n) is 12.9. The Morgan fingerprint density at radius 2 is 1.33 bits per heavy atom. The maximum absolute atomic E-state index is 14.0. The summed E-state index contributed by atoms with van der Waals surface area (Å²) in [7, 11) is 0. The van der Waals surface area contributed by atoms with Gasteiger partial charge < -0.3 is 0 Å². The van der Waals surface area contributed by atoms with Crippen LogP contribution in [0, 0.1) is 41.2 Å². The van der Waals surface area contributed by atoms with Crippen molar-refractivity contribution in [3.63, 3.8) is 0 Å². The molecule has 33 heavy (non-hydrogen) atoms. The van der Waals surface area contributed by atoms with Gasteiger partial charge in [0.1, 0.15) is 17.2 Å². The molecule has 4 atom stereocenters. The lowest BCUT2D eigenvalue weighted by molar-refractivity contribution is -0.142. The Kier molecular flexibility index (Phi) is 7.85. The molecular formula is C28H37F5. The number of hydrogen-bond donors (Lipinski definition) is 0. The minimum absolute atomic E-state index is 0.0449. The fourth-order valence-corrected chi connectivity index (χ4v) is 7.23. The molecule has 4 rings (SSSR count). The third-order valence-corrected chi connectivity index (χ3v) is 9.00. The van der Waals surface area contributed by atoms with Gasteiger partial charge in [0, 0.05) is 0 Å². The van der Waals surface area contributed by atoms with Crippen LogP contribution in [0.4, 0.5) is 22.0 Å². The standard InChI is InChI=1S/C28H37F5/c1-2-3-4-5-18-6-7-23-15-22(13-12-21(23)14-18)19-8-10-20(11-9-19)24-16-25(29)27(26(30)17-24)28(31,32)33/h2-3,16-23H,4-15H2,1H3/b3-2+. The second-order valence-corrected chi connectivity index (χ2v) is 10.9. The molecule has 1 aromatic carbocycles. The van der Waals surface area contributed by atoms with Crippen LogP contribution in [0.2, 0.25) is 0 Å². The fraction of sp³-hybridized carbons (Fsp3) is 0.714. The zero-order valence-electron chi connectivity index (χ0n) is 19.6. The van der Waals surface area contributed by atoms with E-state index in [0.717, 1.165) is 61.5 Å². The smallest absolute Gasteiger partial charge is 0.206 e. The topological polar surface area (TPSA) is 0 Å². The van der Waals surface area contributed by atoms with Gasteiger partial charge in [0.2, 0.25) is 0 Å². The molecular weight excluding hydrogens is 431 g/mol. The highest BCUT2D eigenvalue weighted by atomic mass is 19.4. The van der Waals surface area contributed by atoms with Crippen molar-refractivity contribution in [1.82, 2.24) is 0 Å². The lowest BCUT2D eigenvalue weighted by Crippen LogP contribution is -2.34. The predicted molar refractivity (Wildman–Crippen MR) is 122 cm³/mol. The average Bonchev–Trinajstić information content (AvgIpc) is 2.77. The number of fused-ring (bicyclic) bond motifs is 1. The van der Waals surface area contributed by atoms with E-state index in [0.29, 0.717) is 11.5 Å². The van der Waals surface area contributed by atoms with E-state index in [9.17, 15) is 22.0 Å². The zero-order valence-corrected chi connectivity index (χ0v) is 19.6. The molecule has 0 N–H and O–H groups in total. The molecule has 0 aromatic heterocycles. The molecule has 3 fully saturated rings. The van der Waals surface area contributed by atoms with Gasteiger partial charge in [-0.05, 0) is 131 Å². The number of benzene rings is 1. The van der Waals surface area contributed by atoms with Gasteiger partial charge in [-0.3, -0.25) is 0 Å². The molecule has 1 aromatic rings. The molecule has 0 saturated heterocycles. The normalized spacial score (nSPS) is 33.3. The van der Waals surface area contributed by atoms with Gasteiger partial charge in [-0.1, -0.05) is 18.6 Å². The van der Waals surface area contributed by atoms with Crippen molar-refractivity contribution in [2.45, 2.75) is 96.1 Å². The summed E-state index contributed by atoms with van der Waals surface area (Å²) in [5, 5.41) is 0. The number of rotatable bonds is 5. The minimum atomic E-state index is -5.01. The van der Waals surface area contributed by atoms with Crippen LogP contribution in [-0.2, 0) is 6.18 Å². The van der Waals surface area contributed by atoms with Crippen LogP contribution in [0.5, 0.6) is 0 Å². The summed E-state index contributed by atoms with van der Waals surface area (Å²) in [5.74, 6) is 1.01. The van der Waals surface area contributed by atoms with E-state index in [1.165, 1.54) is 51.4 Å². The molecule has 0 amide bonds. The third-order valence-electron chi connectivity index (χ3n) is 9.00. The molecule has 3 saturated carbocycles. The Morgan fingerprint density at radius 1 is 0.788 bits per heavy atom. The van der Waals surface area contributed by atoms with Crippen molar-refractivity contribution in [2.75, 3.05) is 0 Å². The van der Waals surface area contributed by atoms with Crippen LogP contribution in [0.1, 0.15) is 101 Å². The third kappa shape index (κ3) is 5.82. The summed E-state index contributed by atoms with van der Waals surface area (Å²) in [5.41, 5.74) is -1.38. The molecule has 5 heteroatoms. The highest BCUT2D eigenvalue weighted by Crippen LogP contribution is 2.50. The van der Waals surface area contributed by atoms with Crippen LogP contribution < -0.4 is 0 Å². The van der Waals surface area contributed by atoms with Gasteiger partial charge in [-0.25, -0.2) is 8.78 Å². The summed E-state index contributed by atoms with van der Waals surface area (Å²) in [4.78, 5) is 0. The molecule has 0 heterocycles. The van der Waals surface area contributed by atoms with Gasteiger partial charge in [0.05, 0.1) is 0 Å². The number of alkyl halides is 3. The molecule has 0 spiro atoms. The summed E-state index contributed by atoms with van der Waals surface area (Å²) < 4.78 is 66.7. The van der Waals surface area contributed by atoms with Gasteiger partial charge in [-0.2, -0.15) is 13.2 Å². The first-order valence-corrected chi connectivity index (χ1v) is 12.9. The van der Waals surface area contributed by atoms with Crippen molar-refractivity contribution < 1.29 is 22.0 Å². The van der Waals surface area contributed by atoms with E-state index in [1.807, 2.05) is 0 Å². The Labute approximate surface area is 195 Å². The van der Waals surface area contributed by atoms with Crippen molar-refractivity contribution >= 4 is 0 Å². The molecule has 3 aliphatic carbocycles. The second-order valence-electron chi connectivity index (χ2n) is 10.9. The van der Waals surface area contributed by atoms with Crippen molar-refractivity contribution in [2.24, 2.45) is 29.6 Å². The van der Waals surface area contributed by atoms with Gasteiger partial charge >= 0.3 is 6.18 Å². The monoisotopic (exact) mass is 468 g/mol. The molecule has 0 bridgehead atoms. The molecule has 184 valence electrons. The molecule has 0 aliphatic heterocycles. The van der Waals surface area contributed by atoms with E-state index >= 15 is 0 Å². The highest BCUT2D eigenvalue weighted by molar-refractivity contribution is 5.30. The SMILES string of the molecule is C/C=C/CCC1CCC2CC(C3CCC(c4cc(F)c(C(F)(F)F)c(F)c4)CC3)CCC2C1. The summed E-state index contributed by atoms with van der Waals surface area (Å²) >= 11 is 0. The predicted octanol–water partition coefficient (Wildman–Crippen LogP) is 9.45. The summed E-state index contributed by atoms with van der Waals surface area (Å²) in [6, 6.07) is 1.83. The van der Waals surface area contributed by atoms with Crippen LogP contribution in [0.25, 0.3) is 0 Å². The second kappa shape index (κ2) is 10.5. The van der Waals surface area contributed by atoms with Crippen molar-refractivity contribution in [3.8, 4) is 0 Å². The lowest BCUT2D eigenvalue weighted by atomic mass is 9.60. The fourth-order valence-electron chi connectivity index (χ4n) is 7.23. The number of hydrogen-bond acceptors (Lipinski definition) is 0. The van der Waals surface area contributed by atoms with Crippen LogP contribution in [0.15, 0.2) is 24.3 Å². The van der Waals surface area contributed by atoms with Crippen LogP contribution in [0.3, 0.4) is 0 Å².